The first-order valence-corrected chi connectivity index (χ1v) is 6.57. The fraction of sp³-hybridized carbons (Fsp3) is 0.833. The molecule has 0 N–H and O–H groups in total. The third kappa shape index (κ3) is 4.75. The summed E-state index contributed by atoms with van der Waals surface area (Å²) >= 11 is 2.03. The van der Waals surface area contributed by atoms with Crippen molar-refractivity contribution in [2.24, 2.45) is 5.92 Å². The van der Waals surface area contributed by atoms with Crippen LogP contribution in [0.15, 0.2) is 11.5 Å². The molecule has 0 aromatic carbocycles. The molecule has 1 rings (SSSR count). The highest BCUT2D eigenvalue weighted by Crippen LogP contribution is 2.28. The van der Waals surface area contributed by atoms with E-state index in [1.54, 1.807) is 0 Å². The molecule has 0 saturated carbocycles. The van der Waals surface area contributed by atoms with E-state index in [1.807, 2.05) is 11.8 Å². The van der Waals surface area contributed by atoms with E-state index >= 15 is 0 Å². The summed E-state index contributed by atoms with van der Waals surface area (Å²) in [6, 6.07) is 0. The molecule has 0 aromatic rings. The molecule has 0 radical (unpaired) electrons. The summed E-state index contributed by atoms with van der Waals surface area (Å²) in [4.78, 5) is 0. The van der Waals surface area contributed by atoms with Gasteiger partial charge >= 0.3 is 0 Å². The lowest BCUT2D eigenvalue weighted by molar-refractivity contribution is 0.477. The van der Waals surface area contributed by atoms with E-state index in [1.165, 1.54) is 38.5 Å². The van der Waals surface area contributed by atoms with Crippen LogP contribution < -0.4 is 0 Å². The smallest absolute Gasteiger partial charge is 0.0123 e. The maximum Gasteiger partial charge on any atom is 0.0123 e. The molecule has 0 bridgehead atoms. The van der Waals surface area contributed by atoms with Crippen molar-refractivity contribution in [2.75, 3.05) is 0 Å². The largest absolute Gasteiger partial charge is 0.131 e. The van der Waals surface area contributed by atoms with E-state index in [0.717, 1.165) is 11.2 Å². The SMILES string of the molecule is CCC(C)CCCCC1CC=CS1. The Bertz CT molecular complexity index is 143. The highest BCUT2D eigenvalue weighted by molar-refractivity contribution is 8.02. The predicted molar refractivity (Wildman–Crippen MR) is 63.1 cm³/mol. The van der Waals surface area contributed by atoms with Crippen molar-refractivity contribution in [1.82, 2.24) is 0 Å². The zero-order valence-electron chi connectivity index (χ0n) is 8.96. The van der Waals surface area contributed by atoms with Crippen molar-refractivity contribution in [3.8, 4) is 0 Å². The number of allylic oxidation sites excluding steroid dienone is 1. The van der Waals surface area contributed by atoms with Gasteiger partial charge in [0, 0.05) is 5.25 Å². The van der Waals surface area contributed by atoms with E-state index in [9.17, 15) is 0 Å². The minimum absolute atomic E-state index is 0.914. The maximum atomic E-state index is 2.37. The number of unbranched alkanes of at least 4 members (excludes halogenated alkanes) is 1. The van der Waals surface area contributed by atoms with Crippen molar-refractivity contribution in [3.05, 3.63) is 11.5 Å². The number of hydrogen-bond acceptors (Lipinski definition) is 1. The van der Waals surface area contributed by atoms with Crippen LogP contribution in [0.3, 0.4) is 0 Å². The number of rotatable bonds is 6. The summed E-state index contributed by atoms with van der Waals surface area (Å²) in [6.45, 7) is 4.66. The standard InChI is InChI=1S/C12H22S/c1-3-11(2)7-4-5-8-12-9-6-10-13-12/h6,10-12H,3-5,7-9H2,1-2H3. The van der Waals surface area contributed by atoms with E-state index < -0.39 is 0 Å². The van der Waals surface area contributed by atoms with Crippen LogP contribution in [0.1, 0.15) is 52.4 Å². The Morgan fingerprint density at radius 2 is 2.31 bits per heavy atom. The molecule has 13 heavy (non-hydrogen) atoms. The van der Waals surface area contributed by atoms with Crippen molar-refractivity contribution in [3.63, 3.8) is 0 Å². The topological polar surface area (TPSA) is 0 Å². The Balaban J connectivity index is 1.89. The lowest BCUT2D eigenvalue weighted by Crippen LogP contribution is -1.98. The van der Waals surface area contributed by atoms with E-state index in [-0.39, 0.29) is 0 Å². The molecule has 2 atom stereocenters. The summed E-state index contributed by atoms with van der Waals surface area (Å²) in [7, 11) is 0. The Labute approximate surface area is 87.2 Å². The van der Waals surface area contributed by atoms with Crippen LogP contribution >= 0.6 is 11.8 Å². The average Bonchev–Trinajstić information content (AvgIpc) is 2.64. The highest BCUT2D eigenvalue weighted by Gasteiger charge is 2.10. The second-order valence-corrected chi connectivity index (χ2v) is 5.37. The third-order valence-electron chi connectivity index (χ3n) is 2.94. The minimum Gasteiger partial charge on any atom is -0.131 e. The molecule has 1 aliphatic rings. The lowest BCUT2D eigenvalue weighted by Gasteiger charge is -2.10. The summed E-state index contributed by atoms with van der Waals surface area (Å²) in [5, 5.41) is 3.18. The first-order chi connectivity index (χ1) is 6.33. The molecule has 0 fully saturated rings. The molecule has 1 heteroatoms. The van der Waals surface area contributed by atoms with Gasteiger partial charge in [-0.25, -0.2) is 0 Å². The van der Waals surface area contributed by atoms with Crippen LogP contribution in [0.4, 0.5) is 0 Å². The van der Waals surface area contributed by atoms with E-state index in [0.29, 0.717) is 0 Å². The van der Waals surface area contributed by atoms with Crippen molar-refractivity contribution in [2.45, 2.75) is 57.6 Å². The minimum atomic E-state index is 0.914. The predicted octanol–water partition coefficient (Wildman–Crippen LogP) is 4.61. The second kappa shape index (κ2) is 6.53. The van der Waals surface area contributed by atoms with Gasteiger partial charge in [0.1, 0.15) is 0 Å². The zero-order valence-corrected chi connectivity index (χ0v) is 9.78. The molecule has 0 saturated heterocycles. The summed E-state index contributed by atoms with van der Waals surface area (Å²) in [5.41, 5.74) is 0. The van der Waals surface area contributed by atoms with Crippen molar-refractivity contribution < 1.29 is 0 Å². The Hall–Kier alpha value is 0.0900. The lowest BCUT2D eigenvalue weighted by atomic mass is 10.00. The monoisotopic (exact) mass is 198 g/mol. The van der Waals surface area contributed by atoms with Gasteiger partial charge < -0.3 is 0 Å². The van der Waals surface area contributed by atoms with Crippen LogP contribution in [0.25, 0.3) is 0 Å². The molecular weight excluding hydrogens is 176 g/mol. The van der Waals surface area contributed by atoms with Gasteiger partial charge in [0.05, 0.1) is 0 Å². The van der Waals surface area contributed by atoms with Crippen LogP contribution in [-0.2, 0) is 0 Å². The van der Waals surface area contributed by atoms with Gasteiger partial charge in [-0.2, -0.15) is 0 Å². The molecule has 2 unspecified atom stereocenters. The second-order valence-electron chi connectivity index (χ2n) is 4.16. The molecular formula is C12H22S. The first-order valence-electron chi connectivity index (χ1n) is 5.63. The van der Waals surface area contributed by atoms with Gasteiger partial charge in [0.15, 0.2) is 0 Å². The van der Waals surface area contributed by atoms with Crippen LogP contribution in [0.2, 0.25) is 0 Å². The summed E-state index contributed by atoms with van der Waals surface area (Å²) in [5.74, 6) is 0.939. The van der Waals surface area contributed by atoms with Crippen molar-refractivity contribution in [1.29, 1.82) is 0 Å². The normalized spacial score (nSPS) is 23.7. The molecule has 0 spiro atoms. The van der Waals surface area contributed by atoms with E-state index in [2.05, 4.69) is 25.3 Å². The third-order valence-corrected chi connectivity index (χ3v) is 4.10. The molecule has 0 aromatic heterocycles. The van der Waals surface area contributed by atoms with Crippen LogP contribution in [-0.4, -0.2) is 5.25 Å². The molecule has 0 aliphatic carbocycles. The van der Waals surface area contributed by atoms with E-state index in [4.69, 9.17) is 0 Å². The van der Waals surface area contributed by atoms with Gasteiger partial charge in [-0.05, 0) is 24.2 Å². The molecule has 1 aliphatic heterocycles. The van der Waals surface area contributed by atoms with Gasteiger partial charge in [-0.15, -0.1) is 11.8 Å². The molecule has 0 nitrogen and oxygen atoms in total. The van der Waals surface area contributed by atoms with Crippen LogP contribution in [0.5, 0.6) is 0 Å². The highest BCUT2D eigenvalue weighted by atomic mass is 32.2. The Morgan fingerprint density at radius 3 is 2.92 bits per heavy atom. The molecule has 76 valence electrons. The van der Waals surface area contributed by atoms with Crippen molar-refractivity contribution >= 4 is 11.8 Å². The summed E-state index contributed by atoms with van der Waals surface area (Å²) < 4.78 is 0. The Kier molecular flexibility index (Phi) is 5.61. The van der Waals surface area contributed by atoms with Gasteiger partial charge in [0.2, 0.25) is 0 Å². The fourth-order valence-electron chi connectivity index (χ4n) is 1.68. The van der Waals surface area contributed by atoms with Gasteiger partial charge in [-0.3, -0.25) is 0 Å². The average molecular weight is 198 g/mol. The van der Waals surface area contributed by atoms with Gasteiger partial charge in [0.25, 0.3) is 0 Å². The number of thioether (sulfide) groups is 1. The first kappa shape index (κ1) is 11.2. The molecule has 0 amide bonds. The number of hydrogen-bond donors (Lipinski definition) is 0. The maximum absolute atomic E-state index is 2.37. The summed E-state index contributed by atoms with van der Waals surface area (Å²) in [6.07, 6.45) is 10.7. The quantitative estimate of drug-likeness (QED) is 0.562. The van der Waals surface area contributed by atoms with Gasteiger partial charge in [-0.1, -0.05) is 45.6 Å². The molecule has 1 heterocycles. The van der Waals surface area contributed by atoms with Crippen LogP contribution in [0, 0.1) is 5.92 Å². The fourth-order valence-corrected chi connectivity index (χ4v) is 2.65. The zero-order chi connectivity index (χ0) is 9.52. The Morgan fingerprint density at radius 1 is 1.46 bits per heavy atom.